The first-order valence-electron chi connectivity index (χ1n) is 9.60. The number of carbonyl (C=O) groups is 1. The summed E-state index contributed by atoms with van der Waals surface area (Å²) in [6.45, 7) is 7.52. The zero-order chi connectivity index (χ0) is 21.6. The minimum Gasteiger partial charge on any atom is -0.494 e. The van der Waals surface area contributed by atoms with E-state index >= 15 is 0 Å². The number of likely N-dealkylation sites (N-methyl/N-ethyl adjacent to an activating group) is 1. The highest BCUT2D eigenvalue weighted by molar-refractivity contribution is 6.08. The maximum atomic E-state index is 13.9. The summed E-state index contributed by atoms with van der Waals surface area (Å²) in [6, 6.07) is 10.3. The van der Waals surface area contributed by atoms with Crippen LogP contribution in [0.3, 0.4) is 0 Å². The molecule has 0 N–H and O–H groups in total. The van der Waals surface area contributed by atoms with E-state index in [4.69, 9.17) is 9.47 Å². The minimum atomic E-state index is -0.468. The number of hydrogen-bond donors (Lipinski definition) is 0. The highest BCUT2D eigenvalue weighted by Crippen LogP contribution is 2.29. The number of ketones is 1. The Balaban J connectivity index is 2.30. The fourth-order valence-corrected chi connectivity index (χ4v) is 2.70. The molecule has 2 rings (SSSR count). The number of ether oxygens (including phenoxy) is 2. The molecule has 0 aliphatic rings. The van der Waals surface area contributed by atoms with Crippen LogP contribution in [-0.2, 0) is 5.41 Å². The Morgan fingerprint density at radius 1 is 1.10 bits per heavy atom. The van der Waals surface area contributed by atoms with Gasteiger partial charge in [-0.2, -0.15) is 0 Å². The Bertz CT molecular complexity index is 882. The first-order chi connectivity index (χ1) is 13.6. The normalized spacial score (nSPS) is 11.9. The molecule has 0 atom stereocenters. The quantitative estimate of drug-likeness (QED) is 0.464. The zero-order valence-corrected chi connectivity index (χ0v) is 18.1. The topological polar surface area (TPSA) is 38.8 Å². The van der Waals surface area contributed by atoms with Crippen LogP contribution in [0, 0.1) is 5.82 Å². The van der Waals surface area contributed by atoms with Crippen molar-refractivity contribution >= 4 is 11.9 Å². The van der Waals surface area contributed by atoms with E-state index in [0.717, 1.165) is 12.1 Å². The van der Waals surface area contributed by atoms with Crippen molar-refractivity contribution in [3.05, 3.63) is 65.0 Å². The van der Waals surface area contributed by atoms with E-state index in [1.807, 2.05) is 37.2 Å². The van der Waals surface area contributed by atoms with Gasteiger partial charge in [-0.3, -0.25) is 4.79 Å². The number of benzene rings is 2. The first-order valence-corrected chi connectivity index (χ1v) is 9.60. The van der Waals surface area contributed by atoms with Crippen LogP contribution in [0.1, 0.15) is 42.3 Å². The van der Waals surface area contributed by atoms with Crippen LogP contribution >= 0.6 is 0 Å². The van der Waals surface area contributed by atoms with Crippen LogP contribution in [0.2, 0.25) is 0 Å². The van der Waals surface area contributed by atoms with Gasteiger partial charge >= 0.3 is 0 Å². The number of hydrogen-bond acceptors (Lipinski definition) is 4. The molecule has 2 aromatic carbocycles. The predicted molar refractivity (Wildman–Crippen MR) is 116 cm³/mol. The molecule has 0 unspecified atom stereocenters. The zero-order valence-electron chi connectivity index (χ0n) is 18.1. The van der Waals surface area contributed by atoms with Gasteiger partial charge in [-0.05, 0) is 61.0 Å². The van der Waals surface area contributed by atoms with E-state index in [2.05, 4.69) is 20.8 Å². The van der Waals surface area contributed by atoms with Crippen LogP contribution in [0.5, 0.6) is 11.5 Å². The molecule has 0 heterocycles. The second-order valence-electron chi connectivity index (χ2n) is 8.20. The summed E-state index contributed by atoms with van der Waals surface area (Å²) in [7, 11) is 5.35. The Morgan fingerprint density at radius 2 is 1.79 bits per heavy atom. The summed E-state index contributed by atoms with van der Waals surface area (Å²) in [4.78, 5) is 14.9. The molecule has 2 aromatic rings. The molecule has 0 radical (unpaired) electrons. The van der Waals surface area contributed by atoms with Gasteiger partial charge in [0, 0.05) is 6.54 Å². The van der Waals surface area contributed by atoms with E-state index in [9.17, 15) is 9.18 Å². The van der Waals surface area contributed by atoms with Gasteiger partial charge in [-0.1, -0.05) is 39.0 Å². The van der Waals surface area contributed by atoms with E-state index < -0.39 is 5.82 Å². The van der Waals surface area contributed by atoms with Crippen molar-refractivity contribution in [2.75, 3.05) is 34.4 Å². The second-order valence-corrected chi connectivity index (χ2v) is 8.20. The van der Waals surface area contributed by atoms with E-state index in [0.29, 0.717) is 23.5 Å². The number of rotatable bonds is 8. The van der Waals surface area contributed by atoms with Crippen LogP contribution < -0.4 is 9.47 Å². The van der Waals surface area contributed by atoms with Crippen molar-refractivity contribution in [2.45, 2.75) is 26.2 Å². The summed E-state index contributed by atoms with van der Waals surface area (Å²) in [5.41, 5.74) is 2.03. The highest BCUT2D eigenvalue weighted by atomic mass is 19.1. The number of methoxy groups -OCH3 is 1. The van der Waals surface area contributed by atoms with Crippen LogP contribution in [0.4, 0.5) is 4.39 Å². The number of halogens is 1. The van der Waals surface area contributed by atoms with Crippen molar-refractivity contribution in [2.24, 2.45) is 0 Å². The molecular formula is C24H30FNO3. The standard InChI is InChI=1S/C24H30FNO3/c1-24(2,3)18-9-12-22(29-14-13-26(4)5)19(16-18)21(27)10-7-17-8-11-23(28-6)20(25)15-17/h7-12,15-16H,13-14H2,1-6H3/b10-7+. The molecule has 0 fully saturated rings. The second kappa shape index (κ2) is 9.70. The van der Waals surface area contributed by atoms with Crippen molar-refractivity contribution in [3.8, 4) is 11.5 Å². The fourth-order valence-electron chi connectivity index (χ4n) is 2.70. The third kappa shape index (κ3) is 6.43. The monoisotopic (exact) mass is 399 g/mol. The molecule has 0 spiro atoms. The van der Waals surface area contributed by atoms with Crippen molar-refractivity contribution in [3.63, 3.8) is 0 Å². The summed E-state index contributed by atoms with van der Waals surface area (Å²) >= 11 is 0. The van der Waals surface area contributed by atoms with E-state index in [1.54, 1.807) is 12.1 Å². The van der Waals surface area contributed by atoms with Gasteiger partial charge in [0.1, 0.15) is 12.4 Å². The average molecular weight is 400 g/mol. The average Bonchev–Trinajstić information content (AvgIpc) is 2.65. The molecule has 0 aliphatic heterocycles. The van der Waals surface area contributed by atoms with Gasteiger partial charge in [0.15, 0.2) is 17.3 Å². The predicted octanol–water partition coefficient (Wildman–Crippen LogP) is 4.97. The fraction of sp³-hybridized carbons (Fsp3) is 0.375. The van der Waals surface area contributed by atoms with Crippen molar-refractivity contribution in [1.29, 1.82) is 0 Å². The number of nitrogens with zero attached hydrogens (tertiary/aromatic N) is 1. The lowest BCUT2D eigenvalue weighted by Crippen LogP contribution is -2.20. The Kier molecular flexibility index (Phi) is 7.57. The molecule has 4 nitrogen and oxygen atoms in total. The van der Waals surface area contributed by atoms with Crippen LogP contribution in [-0.4, -0.2) is 45.0 Å². The maximum absolute atomic E-state index is 13.9. The van der Waals surface area contributed by atoms with Gasteiger partial charge in [-0.25, -0.2) is 4.39 Å². The summed E-state index contributed by atoms with van der Waals surface area (Å²) < 4.78 is 24.7. The van der Waals surface area contributed by atoms with Crippen LogP contribution in [0.15, 0.2) is 42.5 Å². The van der Waals surface area contributed by atoms with Gasteiger partial charge < -0.3 is 14.4 Å². The third-order valence-corrected chi connectivity index (χ3v) is 4.51. The largest absolute Gasteiger partial charge is 0.494 e. The third-order valence-electron chi connectivity index (χ3n) is 4.51. The van der Waals surface area contributed by atoms with Crippen LogP contribution in [0.25, 0.3) is 6.08 Å². The summed E-state index contributed by atoms with van der Waals surface area (Å²) in [5, 5.41) is 0. The molecule has 156 valence electrons. The molecule has 5 heteroatoms. The molecular weight excluding hydrogens is 369 g/mol. The number of carbonyl (C=O) groups excluding carboxylic acids is 1. The first kappa shape index (κ1) is 22.6. The molecule has 29 heavy (non-hydrogen) atoms. The lowest BCUT2D eigenvalue weighted by molar-refractivity contribution is 0.104. The van der Waals surface area contributed by atoms with E-state index in [-0.39, 0.29) is 16.9 Å². The molecule has 0 bridgehead atoms. The van der Waals surface area contributed by atoms with Gasteiger partial charge in [0.2, 0.25) is 0 Å². The van der Waals surface area contributed by atoms with Gasteiger partial charge in [0.05, 0.1) is 12.7 Å². The smallest absolute Gasteiger partial charge is 0.189 e. The molecule has 0 saturated carbocycles. The van der Waals surface area contributed by atoms with Crippen molar-refractivity contribution < 1.29 is 18.7 Å². The molecule has 0 aromatic heterocycles. The Morgan fingerprint density at radius 3 is 2.38 bits per heavy atom. The lowest BCUT2D eigenvalue weighted by Gasteiger charge is -2.21. The highest BCUT2D eigenvalue weighted by Gasteiger charge is 2.18. The number of allylic oxidation sites excluding steroid dienone is 1. The summed E-state index contributed by atoms with van der Waals surface area (Å²) in [6.07, 6.45) is 3.04. The molecule has 0 saturated heterocycles. The summed E-state index contributed by atoms with van der Waals surface area (Å²) in [5.74, 6) is 0.0649. The maximum Gasteiger partial charge on any atom is 0.189 e. The van der Waals surface area contributed by atoms with Gasteiger partial charge in [-0.15, -0.1) is 0 Å². The SMILES string of the molecule is COc1ccc(/C=C/C(=O)c2cc(C(C)(C)C)ccc2OCCN(C)C)cc1F. The lowest BCUT2D eigenvalue weighted by atomic mass is 9.85. The molecule has 0 amide bonds. The van der Waals surface area contributed by atoms with Gasteiger partial charge in [0.25, 0.3) is 0 Å². The molecule has 0 aliphatic carbocycles. The Hall–Kier alpha value is -2.66. The van der Waals surface area contributed by atoms with Crippen molar-refractivity contribution in [1.82, 2.24) is 4.90 Å². The Labute approximate surface area is 172 Å². The van der Waals surface area contributed by atoms with E-state index in [1.165, 1.54) is 25.3 Å². The minimum absolute atomic E-state index is 0.0972.